The standard InChI is InChI=1S/C7H14F3NO3S/c1-6(11)2-3-15(12,13)5-14-4-7(8,9)10/h6H,2-5,11H2,1H3. The van der Waals surface area contributed by atoms with Gasteiger partial charge in [0.05, 0.1) is 5.75 Å². The molecule has 0 heterocycles. The minimum Gasteiger partial charge on any atom is -0.356 e. The van der Waals surface area contributed by atoms with E-state index in [1.165, 1.54) is 0 Å². The molecule has 8 heteroatoms. The average molecular weight is 249 g/mol. The van der Waals surface area contributed by atoms with Gasteiger partial charge in [-0.3, -0.25) is 0 Å². The Morgan fingerprint density at radius 1 is 1.40 bits per heavy atom. The van der Waals surface area contributed by atoms with Crippen molar-refractivity contribution in [2.75, 3.05) is 18.3 Å². The number of ether oxygens (including phenoxy) is 1. The fourth-order valence-electron chi connectivity index (χ4n) is 0.709. The highest BCUT2D eigenvalue weighted by Gasteiger charge is 2.28. The molecule has 4 nitrogen and oxygen atoms in total. The lowest BCUT2D eigenvalue weighted by atomic mass is 10.3. The maximum atomic E-state index is 11.6. The zero-order valence-electron chi connectivity index (χ0n) is 8.25. The Hall–Kier alpha value is -0.340. The molecule has 0 fully saturated rings. The quantitative estimate of drug-likeness (QED) is 0.751. The van der Waals surface area contributed by atoms with Crippen LogP contribution in [0.2, 0.25) is 0 Å². The van der Waals surface area contributed by atoms with Crippen LogP contribution in [0.25, 0.3) is 0 Å². The monoisotopic (exact) mass is 249 g/mol. The topological polar surface area (TPSA) is 69.4 Å². The largest absolute Gasteiger partial charge is 0.411 e. The van der Waals surface area contributed by atoms with Crippen molar-refractivity contribution >= 4 is 9.84 Å². The fraction of sp³-hybridized carbons (Fsp3) is 1.00. The summed E-state index contributed by atoms with van der Waals surface area (Å²) >= 11 is 0. The third-order valence-corrected chi connectivity index (χ3v) is 2.80. The van der Waals surface area contributed by atoms with Gasteiger partial charge in [-0.2, -0.15) is 13.2 Å². The molecule has 0 aromatic carbocycles. The predicted octanol–water partition coefficient (Wildman–Crippen LogP) is 0.675. The Morgan fingerprint density at radius 3 is 2.33 bits per heavy atom. The SMILES string of the molecule is CC(N)CCS(=O)(=O)COCC(F)(F)F. The lowest BCUT2D eigenvalue weighted by Crippen LogP contribution is -2.24. The van der Waals surface area contributed by atoms with E-state index in [2.05, 4.69) is 4.74 Å². The summed E-state index contributed by atoms with van der Waals surface area (Å²) in [5, 5.41) is 0. The van der Waals surface area contributed by atoms with Crippen LogP contribution in [-0.2, 0) is 14.6 Å². The number of rotatable bonds is 6. The van der Waals surface area contributed by atoms with Crippen molar-refractivity contribution in [1.29, 1.82) is 0 Å². The van der Waals surface area contributed by atoms with Crippen LogP contribution in [0.5, 0.6) is 0 Å². The predicted molar refractivity (Wildman–Crippen MR) is 48.9 cm³/mol. The summed E-state index contributed by atoms with van der Waals surface area (Å²) in [7, 11) is -3.60. The zero-order valence-corrected chi connectivity index (χ0v) is 9.07. The number of nitrogens with two attached hydrogens (primary N) is 1. The summed E-state index contributed by atoms with van der Waals surface area (Å²) < 4.78 is 61.0. The first kappa shape index (κ1) is 14.7. The van der Waals surface area contributed by atoms with E-state index in [1.54, 1.807) is 6.92 Å². The van der Waals surface area contributed by atoms with E-state index in [-0.39, 0.29) is 18.2 Å². The van der Waals surface area contributed by atoms with Crippen molar-refractivity contribution in [3.8, 4) is 0 Å². The van der Waals surface area contributed by atoms with Gasteiger partial charge in [-0.05, 0) is 13.3 Å². The van der Waals surface area contributed by atoms with Crippen molar-refractivity contribution < 1.29 is 26.3 Å². The minimum atomic E-state index is -4.50. The van der Waals surface area contributed by atoms with Crippen LogP contribution in [0.15, 0.2) is 0 Å². The Morgan fingerprint density at radius 2 is 1.93 bits per heavy atom. The molecule has 0 spiro atoms. The number of hydrogen-bond donors (Lipinski definition) is 1. The maximum Gasteiger partial charge on any atom is 0.411 e. The van der Waals surface area contributed by atoms with Gasteiger partial charge in [0.15, 0.2) is 9.84 Å². The summed E-state index contributed by atoms with van der Waals surface area (Å²) in [5.41, 5.74) is 5.31. The van der Waals surface area contributed by atoms with Gasteiger partial charge in [0, 0.05) is 6.04 Å². The second-order valence-electron chi connectivity index (χ2n) is 3.30. The van der Waals surface area contributed by atoms with E-state index in [9.17, 15) is 21.6 Å². The molecule has 2 N–H and O–H groups in total. The summed E-state index contributed by atoms with van der Waals surface area (Å²) in [4.78, 5) is 0. The highest BCUT2D eigenvalue weighted by atomic mass is 32.2. The van der Waals surface area contributed by atoms with Crippen LogP contribution >= 0.6 is 0 Å². The number of hydrogen-bond acceptors (Lipinski definition) is 4. The second kappa shape index (κ2) is 5.66. The smallest absolute Gasteiger partial charge is 0.356 e. The van der Waals surface area contributed by atoms with Gasteiger partial charge in [-0.15, -0.1) is 0 Å². The van der Waals surface area contributed by atoms with Gasteiger partial charge in [0.2, 0.25) is 0 Å². The Kier molecular flexibility index (Phi) is 5.54. The average Bonchev–Trinajstić information content (AvgIpc) is 1.98. The van der Waals surface area contributed by atoms with Crippen LogP contribution in [0.3, 0.4) is 0 Å². The highest BCUT2D eigenvalue weighted by Crippen LogP contribution is 2.14. The summed E-state index contributed by atoms with van der Waals surface area (Å²) in [5.74, 6) is -1.18. The fourth-order valence-corrected chi connectivity index (χ4v) is 1.89. The molecule has 0 radical (unpaired) electrons. The second-order valence-corrected chi connectivity index (χ2v) is 5.43. The first-order valence-corrected chi connectivity index (χ1v) is 6.05. The van der Waals surface area contributed by atoms with Gasteiger partial charge >= 0.3 is 6.18 Å². The Bertz CT molecular complexity index is 274. The molecule has 0 saturated carbocycles. The van der Waals surface area contributed by atoms with Crippen LogP contribution in [0.1, 0.15) is 13.3 Å². The molecular formula is C7H14F3NO3S. The molecule has 1 atom stereocenters. The van der Waals surface area contributed by atoms with E-state index in [1.807, 2.05) is 0 Å². The van der Waals surface area contributed by atoms with Crippen molar-refractivity contribution in [3.05, 3.63) is 0 Å². The molecule has 0 aromatic rings. The Balaban J connectivity index is 3.85. The van der Waals surface area contributed by atoms with E-state index in [0.717, 1.165) is 0 Å². The first-order valence-electron chi connectivity index (χ1n) is 4.23. The molecule has 0 aromatic heterocycles. The van der Waals surface area contributed by atoms with Crippen LogP contribution < -0.4 is 5.73 Å². The third-order valence-electron chi connectivity index (χ3n) is 1.41. The van der Waals surface area contributed by atoms with Crippen molar-refractivity contribution in [2.45, 2.75) is 25.6 Å². The number of halogens is 3. The van der Waals surface area contributed by atoms with Crippen molar-refractivity contribution in [3.63, 3.8) is 0 Å². The highest BCUT2D eigenvalue weighted by molar-refractivity contribution is 7.91. The van der Waals surface area contributed by atoms with Crippen LogP contribution in [0, 0.1) is 0 Å². The molecule has 0 bridgehead atoms. The maximum absolute atomic E-state index is 11.6. The van der Waals surface area contributed by atoms with Crippen molar-refractivity contribution in [1.82, 2.24) is 0 Å². The molecule has 15 heavy (non-hydrogen) atoms. The molecule has 92 valence electrons. The first-order chi connectivity index (χ1) is 6.62. The van der Waals surface area contributed by atoms with E-state index in [0.29, 0.717) is 0 Å². The van der Waals surface area contributed by atoms with Gasteiger partial charge in [-0.1, -0.05) is 0 Å². The van der Waals surface area contributed by atoms with Crippen molar-refractivity contribution in [2.24, 2.45) is 5.73 Å². The molecule has 0 aliphatic rings. The van der Waals surface area contributed by atoms with E-state index >= 15 is 0 Å². The molecule has 1 unspecified atom stereocenters. The minimum absolute atomic E-state index is 0.206. The van der Waals surface area contributed by atoms with E-state index < -0.39 is 28.6 Å². The number of sulfone groups is 1. The molecular weight excluding hydrogens is 235 g/mol. The molecule has 0 saturated heterocycles. The molecule has 0 aliphatic heterocycles. The zero-order chi connectivity index (χ0) is 12.1. The van der Waals surface area contributed by atoms with Crippen LogP contribution in [-0.4, -0.2) is 38.9 Å². The third kappa shape index (κ3) is 9.95. The molecule has 0 rings (SSSR count). The van der Waals surface area contributed by atoms with Gasteiger partial charge in [0.1, 0.15) is 12.5 Å². The molecule has 0 aliphatic carbocycles. The van der Waals surface area contributed by atoms with Gasteiger partial charge in [0.25, 0.3) is 0 Å². The van der Waals surface area contributed by atoms with Crippen LogP contribution in [0.4, 0.5) is 13.2 Å². The van der Waals surface area contributed by atoms with Gasteiger partial charge in [-0.25, -0.2) is 8.42 Å². The Labute approximate surface area is 86.5 Å². The lowest BCUT2D eigenvalue weighted by Gasteiger charge is -2.09. The normalized spacial score (nSPS) is 15.3. The number of alkyl halides is 3. The molecule has 0 amide bonds. The van der Waals surface area contributed by atoms with Gasteiger partial charge < -0.3 is 10.5 Å². The van der Waals surface area contributed by atoms with E-state index in [4.69, 9.17) is 5.73 Å². The summed E-state index contributed by atoms with van der Waals surface area (Å²) in [6.07, 6.45) is -4.30. The summed E-state index contributed by atoms with van der Waals surface area (Å²) in [6, 6.07) is -0.303. The summed E-state index contributed by atoms with van der Waals surface area (Å²) in [6.45, 7) is 0.0660. The lowest BCUT2D eigenvalue weighted by molar-refractivity contribution is -0.169.